The molecule has 29 heavy (non-hydrogen) atoms. The van der Waals surface area contributed by atoms with Gasteiger partial charge in [-0.15, -0.1) is 0 Å². The number of hydrogen-bond donors (Lipinski definition) is 1. The zero-order valence-electron chi connectivity index (χ0n) is 16.3. The molecule has 0 bridgehead atoms. The quantitative estimate of drug-likeness (QED) is 0.678. The van der Waals surface area contributed by atoms with Crippen molar-refractivity contribution in [2.75, 3.05) is 33.5 Å². The number of amides is 1. The van der Waals surface area contributed by atoms with Crippen LogP contribution >= 0.6 is 0 Å². The fourth-order valence-electron chi connectivity index (χ4n) is 2.73. The maximum atomic E-state index is 12.2. The monoisotopic (exact) mass is 401 g/mol. The normalized spacial score (nSPS) is 14.6. The summed E-state index contributed by atoms with van der Waals surface area (Å²) < 4.78 is 27.0. The number of carbonyl (C=O) groups excluding carboxylic acids is 2. The molecule has 154 valence electrons. The lowest BCUT2D eigenvalue weighted by atomic mass is 10.2. The van der Waals surface area contributed by atoms with Gasteiger partial charge in [-0.3, -0.25) is 4.79 Å². The Morgan fingerprint density at radius 2 is 1.93 bits per heavy atom. The Kier molecular flexibility index (Phi) is 6.78. The average Bonchev–Trinajstić information content (AvgIpc) is 2.76. The summed E-state index contributed by atoms with van der Waals surface area (Å²) in [5, 5.41) is 2.67. The van der Waals surface area contributed by atoms with Crippen LogP contribution in [0.25, 0.3) is 0 Å². The highest BCUT2D eigenvalue weighted by molar-refractivity contribution is 5.92. The second-order valence-electron chi connectivity index (χ2n) is 6.18. The highest BCUT2D eigenvalue weighted by atomic mass is 16.6. The minimum atomic E-state index is -0.632. The van der Waals surface area contributed by atoms with Crippen LogP contribution in [0.3, 0.4) is 0 Å². The van der Waals surface area contributed by atoms with Crippen LogP contribution in [0.2, 0.25) is 0 Å². The lowest BCUT2D eigenvalue weighted by molar-refractivity contribution is -0.124. The summed E-state index contributed by atoms with van der Waals surface area (Å²) in [5.74, 6) is 1.19. The summed E-state index contributed by atoms with van der Waals surface area (Å²) >= 11 is 0. The van der Waals surface area contributed by atoms with Crippen molar-refractivity contribution in [3.8, 4) is 23.0 Å². The average molecular weight is 401 g/mol. The zero-order chi connectivity index (χ0) is 20.6. The number of methoxy groups -OCH3 is 1. The Bertz CT molecular complexity index is 868. The molecule has 2 aromatic rings. The van der Waals surface area contributed by atoms with Crippen LogP contribution in [-0.2, 0) is 9.53 Å². The van der Waals surface area contributed by atoms with E-state index in [2.05, 4.69) is 5.32 Å². The minimum Gasteiger partial charge on any atom is -0.493 e. The second kappa shape index (κ2) is 9.68. The van der Waals surface area contributed by atoms with E-state index < -0.39 is 18.5 Å². The van der Waals surface area contributed by atoms with E-state index in [0.29, 0.717) is 36.2 Å². The van der Waals surface area contributed by atoms with Gasteiger partial charge in [0.2, 0.25) is 0 Å². The first-order valence-electron chi connectivity index (χ1n) is 9.23. The topological polar surface area (TPSA) is 92.3 Å². The third kappa shape index (κ3) is 5.31. The summed E-state index contributed by atoms with van der Waals surface area (Å²) in [6.45, 7) is 2.48. The van der Waals surface area contributed by atoms with Crippen LogP contribution in [-0.4, -0.2) is 51.5 Å². The molecule has 1 amide bonds. The SMILES string of the molecule is CCOc1ccc(C(=O)OCC(=O)NC[C@@H]2COc3ccccc3O2)cc1OC. The van der Waals surface area contributed by atoms with Gasteiger partial charge in [-0.1, -0.05) is 12.1 Å². The molecular formula is C21H23NO7. The number of fused-ring (bicyclic) bond motifs is 1. The van der Waals surface area contributed by atoms with Gasteiger partial charge in [-0.05, 0) is 37.3 Å². The van der Waals surface area contributed by atoms with Crippen LogP contribution in [0.1, 0.15) is 17.3 Å². The molecule has 1 aliphatic rings. The Labute approximate surface area is 168 Å². The number of nitrogens with one attached hydrogen (secondary N) is 1. The second-order valence-corrected chi connectivity index (χ2v) is 6.18. The fraction of sp³-hybridized carbons (Fsp3) is 0.333. The molecule has 1 heterocycles. The molecular weight excluding hydrogens is 378 g/mol. The largest absolute Gasteiger partial charge is 0.493 e. The van der Waals surface area contributed by atoms with E-state index >= 15 is 0 Å². The van der Waals surface area contributed by atoms with E-state index in [9.17, 15) is 9.59 Å². The van der Waals surface area contributed by atoms with Crippen molar-refractivity contribution in [1.82, 2.24) is 5.32 Å². The summed E-state index contributed by atoms with van der Waals surface area (Å²) in [4.78, 5) is 24.2. The summed E-state index contributed by atoms with van der Waals surface area (Å²) in [5.41, 5.74) is 0.263. The van der Waals surface area contributed by atoms with Gasteiger partial charge in [0.25, 0.3) is 5.91 Å². The molecule has 8 nitrogen and oxygen atoms in total. The molecule has 3 rings (SSSR count). The molecule has 0 fully saturated rings. The Morgan fingerprint density at radius 3 is 2.69 bits per heavy atom. The lowest BCUT2D eigenvalue weighted by Gasteiger charge is -2.26. The minimum absolute atomic E-state index is 0.238. The number of hydrogen-bond acceptors (Lipinski definition) is 7. The maximum absolute atomic E-state index is 12.2. The van der Waals surface area contributed by atoms with E-state index in [0.717, 1.165) is 0 Å². The number of esters is 1. The predicted octanol–water partition coefficient (Wildman–Crippen LogP) is 2.21. The van der Waals surface area contributed by atoms with Crippen LogP contribution in [0, 0.1) is 0 Å². The molecule has 8 heteroatoms. The fourth-order valence-corrected chi connectivity index (χ4v) is 2.73. The molecule has 0 radical (unpaired) electrons. The maximum Gasteiger partial charge on any atom is 0.338 e. The number of ether oxygens (including phenoxy) is 5. The number of benzene rings is 2. The van der Waals surface area contributed by atoms with E-state index in [1.54, 1.807) is 18.2 Å². The lowest BCUT2D eigenvalue weighted by Crippen LogP contribution is -2.42. The predicted molar refractivity (Wildman–Crippen MR) is 104 cm³/mol. The summed E-state index contributed by atoms with van der Waals surface area (Å²) in [6, 6.07) is 12.0. The van der Waals surface area contributed by atoms with Gasteiger partial charge in [-0.25, -0.2) is 4.79 Å². The van der Waals surface area contributed by atoms with Gasteiger partial charge in [0.15, 0.2) is 29.6 Å². The van der Waals surface area contributed by atoms with Crippen LogP contribution in [0.5, 0.6) is 23.0 Å². The summed E-state index contributed by atoms with van der Waals surface area (Å²) in [7, 11) is 1.48. The van der Waals surface area contributed by atoms with E-state index in [1.807, 2.05) is 25.1 Å². The first-order valence-corrected chi connectivity index (χ1v) is 9.23. The molecule has 2 aromatic carbocycles. The Balaban J connectivity index is 1.45. The van der Waals surface area contributed by atoms with E-state index in [4.69, 9.17) is 23.7 Å². The van der Waals surface area contributed by atoms with E-state index in [-0.39, 0.29) is 18.2 Å². The van der Waals surface area contributed by atoms with Crippen LogP contribution in [0.15, 0.2) is 42.5 Å². The van der Waals surface area contributed by atoms with Gasteiger partial charge in [0.1, 0.15) is 12.7 Å². The molecule has 0 unspecified atom stereocenters. The van der Waals surface area contributed by atoms with Gasteiger partial charge in [0.05, 0.1) is 25.8 Å². The molecule has 0 spiro atoms. The van der Waals surface area contributed by atoms with Crippen LogP contribution in [0.4, 0.5) is 0 Å². The van der Waals surface area contributed by atoms with Crippen molar-refractivity contribution < 1.29 is 33.3 Å². The molecule has 0 aromatic heterocycles. The van der Waals surface area contributed by atoms with Crippen molar-refractivity contribution in [2.24, 2.45) is 0 Å². The number of para-hydroxylation sites is 2. The first-order chi connectivity index (χ1) is 14.1. The molecule has 1 atom stereocenters. The molecule has 0 saturated carbocycles. The van der Waals surface area contributed by atoms with Crippen molar-refractivity contribution in [3.63, 3.8) is 0 Å². The van der Waals surface area contributed by atoms with Crippen molar-refractivity contribution in [3.05, 3.63) is 48.0 Å². The molecule has 1 aliphatic heterocycles. The van der Waals surface area contributed by atoms with Crippen molar-refractivity contribution in [2.45, 2.75) is 13.0 Å². The number of rotatable bonds is 8. The standard InChI is InChI=1S/C21H23NO7/c1-3-26-17-9-8-14(10-19(17)25-2)21(24)28-13-20(23)22-11-15-12-27-16-6-4-5-7-18(16)29-15/h4-10,15H,3,11-13H2,1-2H3,(H,22,23)/t15-/m1/s1. The van der Waals surface area contributed by atoms with Gasteiger partial charge in [0, 0.05) is 0 Å². The molecule has 0 saturated heterocycles. The van der Waals surface area contributed by atoms with Crippen LogP contribution < -0.4 is 24.3 Å². The van der Waals surface area contributed by atoms with Crippen molar-refractivity contribution >= 4 is 11.9 Å². The van der Waals surface area contributed by atoms with Gasteiger partial charge < -0.3 is 29.0 Å². The number of carbonyl (C=O) groups is 2. The smallest absolute Gasteiger partial charge is 0.338 e. The Hall–Kier alpha value is -3.42. The highest BCUT2D eigenvalue weighted by Gasteiger charge is 2.21. The zero-order valence-corrected chi connectivity index (χ0v) is 16.3. The van der Waals surface area contributed by atoms with Gasteiger partial charge in [-0.2, -0.15) is 0 Å². The summed E-state index contributed by atoms with van der Waals surface area (Å²) in [6.07, 6.45) is -0.320. The van der Waals surface area contributed by atoms with Gasteiger partial charge >= 0.3 is 5.97 Å². The van der Waals surface area contributed by atoms with E-state index in [1.165, 1.54) is 13.2 Å². The highest BCUT2D eigenvalue weighted by Crippen LogP contribution is 2.30. The first kappa shape index (κ1) is 20.3. The molecule has 1 N–H and O–H groups in total. The third-order valence-electron chi connectivity index (χ3n) is 4.13. The third-order valence-corrected chi connectivity index (χ3v) is 4.13. The molecule has 0 aliphatic carbocycles. The van der Waals surface area contributed by atoms with Crippen molar-refractivity contribution in [1.29, 1.82) is 0 Å². The Morgan fingerprint density at radius 1 is 1.14 bits per heavy atom.